The predicted molar refractivity (Wildman–Crippen MR) is 103 cm³/mol. The van der Waals surface area contributed by atoms with Gasteiger partial charge < -0.3 is 25.1 Å². The van der Waals surface area contributed by atoms with Gasteiger partial charge in [0.1, 0.15) is 0 Å². The standard InChI is InChI=1S/C19H30N4O2/c1-20-19(21-10-5-6-12-25-14-13-24-2)22-11-9-16-15-23-18-8-4-3-7-17(16)18/h3-4,7-8,15,23H,5-6,9-14H2,1-2H3,(H2,20,21,22). The maximum Gasteiger partial charge on any atom is 0.190 e. The average Bonchev–Trinajstić information content (AvgIpc) is 3.05. The Bertz CT molecular complexity index is 639. The van der Waals surface area contributed by atoms with Crippen molar-refractivity contribution in [3.63, 3.8) is 0 Å². The summed E-state index contributed by atoms with van der Waals surface area (Å²) >= 11 is 0. The zero-order chi connectivity index (χ0) is 17.7. The highest BCUT2D eigenvalue weighted by Crippen LogP contribution is 2.17. The summed E-state index contributed by atoms with van der Waals surface area (Å²) in [5, 5.41) is 8.00. The highest BCUT2D eigenvalue weighted by Gasteiger charge is 2.03. The molecule has 0 saturated carbocycles. The number of hydrogen-bond donors (Lipinski definition) is 3. The van der Waals surface area contributed by atoms with E-state index in [2.05, 4.69) is 51.1 Å². The van der Waals surface area contributed by atoms with Crippen LogP contribution in [0.25, 0.3) is 10.9 Å². The zero-order valence-corrected chi connectivity index (χ0v) is 15.3. The van der Waals surface area contributed by atoms with Crippen molar-refractivity contribution in [3.05, 3.63) is 36.0 Å². The van der Waals surface area contributed by atoms with Crippen molar-refractivity contribution in [1.29, 1.82) is 0 Å². The molecule has 1 aromatic carbocycles. The lowest BCUT2D eigenvalue weighted by molar-refractivity contribution is 0.0689. The molecule has 6 heteroatoms. The zero-order valence-electron chi connectivity index (χ0n) is 15.3. The van der Waals surface area contributed by atoms with Crippen LogP contribution in [0.5, 0.6) is 0 Å². The van der Waals surface area contributed by atoms with Crippen LogP contribution in [0.2, 0.25) is 0 Å². The summed E-state index contributed by atoms with van der Waals surface area (Å²) in [6.45, 7) is 3.84. The van der Waals surface area contributed by atoms with Crippen LogP contribution in [0.15, 0.2) is 35.5 Å². The van der Waals surface area contributed by atoms with E-state index < -0.39 is 0 Å². The molecule has 0 unspecified atom stereocenters. The molecule has 0 spiro atoms. The number of H-pyrrole nitrogens is 1. The van der Waals surface area contributed by atoms with E-state index >= 15 is 0 Å². The molecule has 6 nitrogen and oxygen atoms in total. The van der Waals surface area contributed by atoms with Gasteiger partial charge in [-0.05, 0) is 30.9 Å². The smallest absolute Gasteiger partial charge is 0.190 e. The summed E-state index contributed by atoms with van der Waals surface area (Å²) in [6.07, 6.45) is 5.13. The van der Waals surface area contributed by atoms with Gasteiger partial charge in [0.2, 0.25) is 0 Å². The van der Waals surface area contributed by atoms with Crippen LogP contribution in [0.1, 0.15) is 18.4 Å². The fourth-order valence-electron chi connectivity index (χ4n) is 2.65. The maximum absolute atomic E-state index is 5.45. The number of para-hydroxylation sites is 1. The van der Waals surface area contributed by atoms with Crippen molar-refractivity contribution in [2.45, 2.75) is 19.3 Å². The topological polar surface area (TPSA) is 70.7 Å². The first-order valence-electron chi connectivity index (χ1n) is 8.91. The SMILES string of the molecule is CN=C(NCCCCOCCOC)NCCc1c[nH]c2ccccc12. The normalized spacial score (nSPS) is 11.8. The third-order valence-corrected chi connectivity index (χ3v) is 4.03. The third-order valence-electron chi connectivity index (χ3n) is 4.03. The summed E-state index contributed by atoms with van der Waals surface area (Å²) in [6, 6.07) is 8.39. The van der Waals surface area contributed by atoms with E-state index in [1.54, 1.807) is 14.2 Å². The Morgan fingerprint density at radius 3 is 2.76 bits per heavy atom. The van der Waals surface area contributed by atoms with Crippen molar-refractivity contribution in [2.24, 2.45) is 4.99 Å². The number of aromatic nitrogens is 1. The highest BCUT2D eigenvalue weighted by molar-refractivity contribution is 5.83. The molecule has 0 amide bonds. The van der Waals surface area contributed by atoms with Crippen LogP contribution in [0.4, 0.5) is 0 Å². The van der Waals surface area contributed by atoms with Crippen LogP contribution in [0, 0.1) is 0 Å². The molecule has 138 valence electrons. The summed E-state index contributed by atoms with van der Waals surface area (Å²) in [7, 11) is 3.49. The number of fused-ring (bicyclic) bond motifs is 1. The van der Waals surface area contributed by atoms with E-state index in [0.717, 1.165) is 44.9 Å². The van der Waals surface area contributed by atoms with Crippen molar-refractivity contribution < 1.29 is 9.47 Å². The van der Waals surface area contributed by atoms with E-state index in [0.29, 0.717) is 13.2 Å². The lowest BCUT2D eigenvalue weighted by Gasteiger charge is -2.11. The van der Waals surface area contributed by atoms with Crippen LogP contribution >= 0.6 is 0 Å². The van der Waals surface area contributed by atoms with Crippen molar-refractivity contribution in [1.82, 2.24) is 15.6 Å². The number of methoxy groups -OCH3 is 1. The van der Waals surface area contributed by atoms with Crippen molar-refractivity contribution >= 4 is 16.9 Å². The minimum Gasteiger partial charge on any atom is -0.382 e. The Morgan fingerprint density at radius 1 is 1.08 bits per heavy atom. The second kappa shape index (κ2) is 11.5. The number of nitrogens with zero attached hydrogens (tertiary/aromatic N) is 1. The molecule has 1 aromatic heterocycles. The number of rotatable bonds is 11. The lowest BCUT2D eigenvalue weighted by atomic mass is 10.1. The van der Waals surface area contributed by atoms with Crippen LogP contribution < -0.4 is 10.6 Å². The number of aliphatic imine (C=N–C) groups is 1. The monoisotopic (exact) mass is 346 g/mol. The predicted octanol–water partition coefficient (Wildman–Crippen LogP) is 2.32. The van der Waals surface area contributed by atoms with Gasteiger partial charge in [-0.1, -0.05) is 18.2 Å². The summed E-state index contributed by atoms with van der Waals surface area (Å²) < 4.78 is 10.4. The first-order chi connectivity index (χ1) is 12.3. The summed E-state index contributed by atoms with van der Waals surface area (Å²) in [5.41, 5.74) is 2.51. The number of ether oxygens (including phenoxy) is 2. The van der Waals surface area contributed by atoms with E-state index in [1.165, 1.54) is 16.5 Å². The molecule has 0 atom stereocenters. The quantitative estimate of drug-likeness (QED) is 0.332. The molecular formula is C19H30N4O2. The fourth-order valence-corrected chi connectivity index (χ4v) is 2.65. The Balaban J connectivity index is 1.59. The lowest BCUT2D eigenvalue weighted by Crippen LogP contribution is -2.38. The number of hydrogen-bond acceptors (Lipinski definition) is 3. The molecule has 0 aliphatic rings. The van der Waals surface area contributed by atoms with Crippen LogP contribution in [-0.2, 0) is 15.9 Å². The van der Waals surface area contributed by atoms with Crippen molar-refractivity contribution in [2.75, 3.05) is 47.1 Å². The molecule has 0 saturated heterocycles. The molecule has 2 aromatic rings. The molecule has 0 bridgehead atoms. The first kappa shape index (κ1) is 19.3. The number of nitrogens with one attached hydrogen (secondary N) is 3. The molecule has 0 aliphatic heterocycles. The molecule has 0 fully saturated rings. The van der Waals surface area contributed by atoms with Crippen molar-refractivity contribution in [3.8, 4) is 0 Å². The van der Waals surface area contributed by atoms with E-state index in [4.69, 9.17) is 9.47 Å². The molecule has 0 radical (unpaired) electrons. The molecule has 25 heavy (non-hydrogen) atoms. The maximum atomic E-state index is 5.45. The minimum absolute atomic E-state index is 0.658. The number of benzene rings is 1. The highest BCUT2D eigenvalue weighted by atomic mass is 16.5. The van der Waals surface area contributed by atoms with Gasteiger partial charge in [0, 0.05) is 51.0 Å². The van der Waals surface area contributed by atoms with Gasteiger partial charge in [0.15, 0.2) is 5.96 Å². The Labute approximate surface area is 150 Å². The van der Waals surface area contributed by atoms with Gasteiger partial charge in [-0.15, -0.1) is 0 Å². The Kier molecular flexibility index (Phi) is 8.86. The number of unbranched alkanes of at least 4 members (excludes halogenated alkanes) is 1. The second-order valence-electron chi connectivity index (χ2n) is 5.85. The van der Waals surface area contributed by atoms with Gasteiger partial charge in [0.25, 0.3) is 0 Å². The van der Waals surface area contributed by atoms with Gasteiger partial charge >= 0.3 is 0 Å². The molecular weight excluding hydrogens is 316 g/mol. The number of guanidine groups is 1. The van der Waals surface area contributed by atoms with Gasteiger partial charge in [-0.2, -0.15) is 0 Å². The number of aromatic amines is 1. The molecule has 1 heterocycles. The van der Waals surface area contributed by atoms with Crippen LogP contribution in [0.3, 0.4) is 0 Å². The largest absolute Gasteiger partial charge is 0.382 e. The summed E-state index contributed by atoms with van der Waals surface area (Å²) in [4.78, 5) is 7.58. The molecule has 2 rings (SSSR count). The van der Waals surface area contributed by atoms with Gasteiger partial charge in [0.05, 0.1) is 13.2 Å². The average molecular weight is 346 g/mol. The fraction of sp³-hybridized carbons (Fsp3) is 0.526. The minimum atomic E-state index is 0.658. The summed E-state index contributed by atoms with van der Waals surface area (Å²) in [5.74, 6) is 0.847. The molecule has 3 N–H and O–H groups in total. The Morgan fingerprint density at radius 2 is 1.92 bits per heavy atom. The van der Waals surface area contributed by atoms with Gasteiger partial charge in [-0.25, -0.2) is 0 Å². The van der Waals surface area contributed by atoms with E-state index in [9.17, 15) is 0 Å². The van der Waals surface area contributed by atoms with Crippen LogP contribution in [-0.4, -0.2) is 58.0 Å². The first-order valence-corrected chi connectivity index (χ1v) is 8.91. The van der Waals surface area contributed by atoms with E-state index in [1.807, 2.05) is 0 Å². The second-order valence-corrected chi connectivity index (χ2v) is 5.85. The van der Waals surface area contributed by atoms with Gasteiger partial charge in [-0.3, -0.25) is 4.99 Å². The third kappa shape index (κ3) is 6.76. The van der Waals surface area contributed by atoms with E-state index in [-0.39, 0.29) is 0 Å². The molecule has 0 aliphatic carbocycles. The Hall–Kier alpha value is -2.05.